The molecule has 2 N–H and O–H groups in total. The van der Waals surface area contributed by atoms with Gasteiger partial charge in [-0.1, -0.05) is 34.1 Å². The molecule has 0 saturated heterocycles. The molecule has 0 saturated carbocycles. The van der Waals surface area contributed by atoms with Crippen molar-refractivity contribution in [1.82, 2.24) is 4.57 Å². The second kappa shape index (κ2) is 6.09. The Labute approximate surface area is 99.8 Å². The zero-order chi connectivity index (χ0) is 12.1. The lowest BCUT2D eigenvalue weighted by molar-refractivity contribution is 0.444. The van der Waals surface area contributed by atoms with E-state index in [1.807, 2.05) is 0 Å². The van der Waals surface area contributed by atoms with Gasteiger partial charge in [-0.3, -0.25) is 0 Å². The van der Waals surface area contributed by atoms with Gasteiger partial charge in [0.2, 0.25) is 0 Å². The highest BCUT2D eigenvalue weighted by Crippen LogP contribution is 2.19. The third-order valence-corrected chi connectivity index (χ3v) is 3.18. The molecule has 1 aromatic heterocycles. The van der Waals surface area contributed by atoms with E-state index in [2.05, 4.69) is 50.7 Å². The minimum Gasteiger partial charge on any atom is -0.354 e. The summed E-state index contributed by atoms with van der Waals surface area (Å²) < 4.78 is 2.28. The van der Waals surface area contributed by atoms with Crippen LogP contribution in [0.5, 0.6) is 0 Å². The lowest BCUT2D eigenvalue weighted by atomic mass is 10.00. The van der Waals surface area contributed by atoms with Crippen molar-refractivity contribution in [2.24, 2.45) is 17.6 Å². The van der Waals surface area contributed by atoms with Crippen molar-refractivity contribution in [2.75, 3.05) is 0 Å². The van der Waals surface area contributed by atoms with Gasteiger partial charge in [-0.2, -0.15) is 0 Å². The van der Waals surface area contributed by atoms with Gasteiger partial charge in [-0.05, 0) is 29.9 Å². The van der Waals surface area contributed by atoms with Crippen LogP contribution in [-0.4, -0.2) is 4.57 Å². The van der Waals surface area contributed by atoms with Crippen molar-refractivity contribution in [3.63, 3.8) is 0 Å². The summed E-state index contributed by atoms with van der Waals surface area (Å²) in [6, 6.07) is 2.33. The Morgan fingerprint density at radius 1 is 1.31 bits per heavy atom. The van der Waals surface area contributed by atoms with Crippen LogP contribution in [0.2, 0.25) is 0 Å². The highest BCUT2D eigenvalue weighted by Gasteiger charge is 2.12. The summed E-state index contributed by atoms with van der Waals surface area (Å²) in [7, 11) is 0. The molecule has 2 nitrogen and oxygen atoms in total. The molecule has 0 fully saturated rings. The van der Waals surface area contributed by atoms with Crippen LogP contribution in [0, 0.1) is 11.8 Å². The van der Waals surface area contributed by atoms with Gasteiger partial charge in [0.05, 0.1) is 0 Å². The van der Waals surface area contributed by atoms with E-state index in [9.17, 15) is 0 Å². The van der Waals surface area contributed by atoms with E-state index < -0.39 is 0 Å². The predicted octanol–water partition coefficient (Wildman–Crippen LogP) is 3.58. The fourth-order valence-electron chi connectivity index (χ4n) is 2.10. The van der Waals surface area contributed by atoms with Crippen molar-refractivity contribution in [1.29, 1.82) is 0 Å². The Bertz CT molecular complexity index is 301. The molecule has 0 amide bonds. The number of rotatable bonds is 6. The van der Waals surface area contributed by atoms with Gasteiger partial charge in [0.1, 0.15) is 0 Å². The van der Waals surface area contributed by atoms with Gasteiger partial charge in [-0.25, -0.2) is 0 Å². The smallest absolute Gasteiger partial charge is 0.0333 e. The van der Waals surface area contributed by atoms with Gasteiger partial charge in [0, 0.05) is 25.0 Å². The zero-order valence-corrected chi connectivity index (χ0v) is 11.1. The summed E-state index contributed by atoms with van der Waals surface area (Å²) in [6.45, 7) is 10.00. The van der Waals surface area contributed by atoms with Crippen molar-refractivity contribution >= 4 is 0 Å². The lowest BCUT2D eigenvalue weighted by Crippen LogP contribution is -2.16. The largest absolute Gasteiger partial charge is 0.354 e. The van der Waals surface area contributed by atoms with Gasteiger partial charge < -0.3 is 10.3 Å². The molecular formula is C14H26N2. The third kappa shape index (κ3) is 3.67. The Morgan fingerprint density at radius 2 is 2.00 bits per heavy atom. The van der Waals surface area contributed by atoms with E-state index in [0.717, 1.165) is 12.5 Å². The highest BCUT2D eigenvalue weighted by atomic mass is 14.9. The number of hydrogen-bond donors (Lipinski definition) is 1. The van der Waals surface area contributed by atoms with E-state index in [4.69, 9.17) is 5.73 Å². The second-order valence-electron chi connectivity index (χ2n) is 5.31. The fourth-order valence-corrected chi connectivity index (χ4v) is 2.10. The normalized spacial score (nSPS) is 15.4. The number of nitrogens with two attached hydrogens (primary N) is 1. The maximum Gasteiger partial charge on any atom is 0.0333 e. The molecule has 1 rings (SSSR count). The second-order valence-corrected chi connectivity index (χ2v) is 5.31. The Kier molecular flexibility index (Phi) is 5.07. The Hall–Kier alpha value is -0.760. The van der Waals surface area contributed by atoms with Gasteiger partial charge in [0.15, 0.2) is 0 Å². The number of hydrogen-bond acceptors (Lipinski definition) is 1. The average molecular weight is 222 g/mol. The monoisotopic (exact) mass is 222 g/mol. The van der Waals surface area contributed by atoms with Crippen molar-refractivity contribution in [3.8, 4) is 0 Å². The molecular weight excluding hydrogens is 196 g/mol. The van der Waals surface area contributed by atoms with E-state index in [0.29, 0.717) is 5.92 Å². The van der Waals surface area contributed by atoms with E-state index in [1.54, 1.807) is 0 Å². The number of nitrogens with zero attached hydrogens (tertiary/aromatic N) is 1. The predicted molar refractivity (Wildman–Crippen MR) is 70.3 cm³/mol. The maximum absolute atomic E-state index is 6.13. The Morgan fingerprint density at radius 3 is 2.56 bits per heavy atom. The van der Waals surface area contributed by atoms with Gasteiger partial charge in [-0.15, -0.1) is 0 Å². The molecule has 1 heterocycles. The first-order valence-corrected chi connectivity index (χ1v) is 6.45. The van der Waals surface area contributed by atoms with E-state index in [1.165, 1.54) is 18.4 Å². The molecule has 0 radical (unpaired) electrons. The van der Waals surface area contributed by atoms with Crippen molar-refractivity contribution in [2.45, 2.75) is 53.1 Å². The molecule has 2 heteroatoms. The minimum atomic E-state index is 0.169. The summed E-state index contributed by atoms with van der Waals surface area (Å²) in [5.41, 5.74) is 7.39. The molecule has 2 unspecified atom stereocenters. The first-order valence-electron chi connectivity index (χ1n) is 6.45. The molecule has 0 aromatic carbocycles. The molecule has 0 bridgehead atoms. The van der Waals surface area contributed by atoms with Crippen LogP contribution < -0.4 is 5.73 Å². The quantitative estimate of drug-likeness (QED) is 0.783. The molecule has 0 spiro atoms. The maximum atomic E-state index is 6.13. The summed E-state index contributed by atoms with van der Waals surface area (Å²) in [6.07, 6.45) is 6.92. The van der Waals surface area contributed by atoms with E-state index >= 15 is 0 Å². The first-order chi connectivity index (χ1) is 7.54. The SMILES string of the molecule is CCCC(C)Cn1ccc(C(N)C(C)C)c1. The van der Waals surface area contributed by atoms with Crippen molar-refractivity contribution < 1.29 is 0 Å². The molecule has 2 atom stereocenters. The third-order valence-electron chi connectivity index (χ3n) is 3.18. The molecule has 16 heavy (non-hydrogen) atoms. The van der Waals surface area contributed by atoms with Gasteiger partial charge >= 0.3 is 0 Å². The molecule has 0 aliphatic heterocycles. The van der Waals surface area contributed by atoms with Crippen LogP contribution in [0.3, 0.4) is 0 Å². The van der Waals surface area contributed by atoms with Crippen LogP contribution in [0.15, 0.2) is 18.5 Å². The molecule has 1 aromatic rings. The first kappa shape index (κ1) is 13.3. The number of aromatic nitrogens is 1. The van der Waals surface area contributed by atoms with Gasteiger partial charge in [0.25, 0.3) is 0 Å². The van der Waals surface area contributed by atoms with Crippen LogP contribution in [0.4, 0.5) is 0 Å². The van der Waals surface area contributed by atoms with Crippen LogP contribution in [-0.2, 0) is 6.54 Å². The molecule has 0 aliphatic carbocycles. The minimum absolute atomic E-state index is 0.169. The van der Waals surface area contributed by atoms with Crippen LogP contribution >= 0.6 is 0 Å². The topological polar surface area (TPSA) is 30.9 Å². The summed E-state index contributed by atoms with van der Waals surface area (Å²) in [5.74, 6) is 1.25. The summed E-state index contributed by atoms with van der Waals surface area (Å²) in [4.78, 5) is 0. The Balaban J connectivity index is 2.57. The van der Waals surface area contributed by atoms with Crippen LogP contribution in [0.25, 0.3) is 0 Å². The molecule has 0 aliphatic rings. The highest BCUT2D eigenvalue weighted by molar-refractivity contribution is 5.15. The zero-order valence-electron chi connectivity index (χ0n) is 11.1. The lowest BCUT2D eigenvalue weighted by Gasteiger charge is -2.14. The summed E-state index contributed by atoms with van der Waals surface area (Å²) >= 11 is 0. The summed E-state index contributed by atoms with van der Waals surface area (Å²) in [5, 5.41) is 0. The van der Waals surface area contributed by atoms with E-state index in [-0.39, 0.29) is 6.04 Å². The average Bonchev–Trinajstić information content (AvgIpc) is 2.65. The standard InChI is InChI=1S/C14H26N2/c1-5-6-12(4)9-16-8-7-13(10-16)14(15)11(2)3/h7-8,10-12,14H,5-6,9,15H2,1-4H3. The van der Waals surface area contributed by atoms with Crippen LogP contribution in [0.1, 0.15) is 52.1 Å². The molecule has 92 valence electrons. The van der Waals surface area contributed by atoms with Crippen molar-refractivity contribution in [3.05, 3.63) is 24.0 Å². The fraction of sp³-hybridized carbons (Fsp3) is 0.714.